The van der Waals surface area contributed by atoms with Gasteiger partial charge in [-0.3, -0.25) is 0 Å². The normalized spacial score (nSPS) is 32.9. The lowest BCUT2D eigenvalue weighted by Gasteiger charge is -2.14. The highest BCUT2D eigenvalue weighted by atomic mass is 16.5. The molecule has 0 N–H and O–H groups in total. The van der Waals surface area contributed by atoms with Crippen LogP contribution in [0.25, 0.3) is 0 Å². The fourth-order valence-corrected chi connectivity index (χ4v) is 1.09. The predicted octanol–water partition coefficient (Wildman–Crippen LogP) is 0.776. The minimum Gasteiger partial charge on any atom is -0.467 e. The highest BCUT2D eigenvalue weighted by Crippen LogP contribution is 2.27. The van der Waals surface area contributed by atoms with Crippen molar-refractivity contribution >= 4 is 5.97 Å². The van der Waals surface area contributed by atoms with E-state index in [9.17, 15) is 4.79 Å². The summed E-state index contributed by atoms with van der Waals surface area (Å²) in [6, 6.07) is -0.283. The molecule has 1 heterocycles. The summed E-state index contributed by atoms with van der Waals surface area (Å²) in [7, 11) is 1.33. The molecule has 0 amide bonds. The van der Waals surface area contributed by atoms with Gasteiger partial charge in [0, 0.05) is 6.42 Å². The third kappa shape index (κ3) is 1.30. The van der Waals surface area contributed by atoms with Gasteiger partial charge in [0.25, 0.3) is 0 Å². The van der Waals surface area contributed by atoms with E-state index >= 15 is 0 Å². The van der Waals surface area contributed by atoms with Crippen LogP contribution < -0.4 is 0 Å². The Morgan fingerprint density at radius 2 is 2.50 bits per heavy atom. The molecular weight excluding hydrogens is 156 g/mol. The number of nitrogens with zero attached hydrogens (tertiary/aromatic N) is 2. The number of ether oxygens (including phenoxy) is 1. The van der Waals surface area contributed by atoms with Crippen molar-refractivity contribution in [3.63, 3.8) is 0 Å². The molecule has 0 unspecified atom stereocenters. The van der Waals surface area contributed by atoms with E-state index < -0.39 is 5.54 Å². The van der Waals surface area contributed by atoms with E-state index in [1.54, 1.807) is 6.92 Å². The highest BCUT2D eigenvalue weighted by molar-refractivity contribution is 5.80. The van der Waals surface area contributed by atoms with Gasteiger partial charge >= 0.3 is 5.97 Å². The van der Waals surface area contributed by atoms with Gasteiger partial charge in [0.15, 0.2) is 5.54 Å². The Kier molecular flexibility index (Phi) is 2.13. The molecule has 0 aliphatic carbocycles. The Morgan fingerprint density at radius 3 is 2.92 bits per heavy atom. The number of carbonyl (C=O) groups is 1. The van der Waals surface area contributed by atoms with Crippen LogP contribution in [0.2, 0.25) is 0 Å². The van der Waals surface area contributed by atoms with Crippen molar-refractivity contribution in [2.75, 3.05) is 7.11 Å². The summed E-state index contributed by atoms with van der Waals surface area (Å²) < 4.78 is 4.57. The lowest BCUT2D eigenvalue weighted by atomic mass is 9.96. The van der Waals surface area contributed by atoms with Crippen molar-refractivity contribution < 1.29 is 9.53 Å². The van der Waals surface area contributed by atoms with E-state index in [0.717, 1.165) is 0 Å². The van der Waals surface area contributed by atoms with E-state index in [-0.39, 0.29) is 12.0 Å². The molecule has 0 aromatic heterocycles. The van der Waals surface area contributed by atoms with Crippen LogP contribution >= 0.6 is 0 Å². The Hall–Kier alpha value is -1.37. The summed E-state index contributed by atoms with van der Waals surface area (Å²) in [5.41, 5.74) is -0.869. The van der Waals surface area contributed by atoms with Gasteiger partial charge in [0.2, 0.25) is 0 Å². The first-order chi connectivity index (χ1) is 5.62. The van der Waals surface area contributed by atoms with Crippen LogP contribution in [0.15, 0.2) is 10.2 Å². The lowest BCUT2D eigenvalue weighted by Crippen LogP contribution is -2.33. The number of hydrogen-bond donors (Lipinski definition) is 0. The fourth-order valence-electron chi connectivity index (χ4n) is 1.09. The minimum atomic E-state index is -0.869. The summed E-state index contributed by atoms with van der Waals surface area (Å²) in [4.78, 5) is 11.2. The van der Waals surface area contributed by atoms with E-state index in [0.29, 0.717) is 6.42 Å². The zero-order chi connectivity index (χ0) is 9.19. The van der Waals surface area contributed by atoms with Crippen molar-refractivity contribution in [2.45, 2.75) is 24.9 Å². The number of terminal acetylenes is 1. The summed E-state index contributed by atoms with van der Waals surface area (Å²) in [5, 5.41) is 7.56. The molecule has 1 aliphatic rings. The average molecular weight is 166 g/mol. The van der Waals surface area contributed by atoms with E-state index in [1.807, 2.05) is 0 Å². The quantitative estimate of drug-likeness (QED) is 0.427. The Balaban J connectivity index is 2.74. The van der Waals surface area contributed by atoms with E-state index in [1.165, 1.54) is 7.11 Å². The third-order valence-corrected chi connectivity index (χ3v) is 1.83. The second-order valence-corrected chi connectivity index (χ2v) is 2.87. The van der Waals surface area contributed by atoms with Crippen LogP contribution in [0.5, 0.6) is 0 Å². The standard InChI is InChI=1S/C8H10N2O2/c1-4-6-5-8(2,10-9-6)7(11)12-3/h1,6H,5H2,2-3H3/t6-,8-/m1/s1. The van der Waals surface area contributed by atoms with Crippen molar-refractivity contribution in [3.8, 4) is 12.3 Å². The van der Waals surface area contributed by atoms with Gasteiger partial charge in [-0.15, -0.1) is 6.42 Å². The van der Waals surface area contributed by atoms with Gasteiger partial charge in [-0.05, 0) is 6.92 Å². The van der Waals surface area contributed by atoms with Gasteiger partial charge in [-0.25, -0.2) is 4.79 Å². The van der Waals surface area contributed by atoms with Gasteiger partial charge < -0.3 is 4.74 Å². The maximum Gasteiger partial charge on any atom is 0.335 e. The molecule has 0 spiro atoms. The van der Waals surface area contributed by atoms with E-state index in [4.69, 9.17) is 6.42 Å². The number of azo groups is 1. The second-order valence-electron chi connectivity index (χ2n) is 2.87. The molecule has 0 fully saturated rings. The molecule has 0 saturated carbocycles. The second kappa shape index (κ2) is 2.94. The molecule has 0 radical (unpaired) electrons. The maximum absolute atomic E-state index is 11.2. The third-order valence-electron chi connectivity index (χ3n) is 1.83. The number of esters is 1. The number of hydrogen-bond acceptors (Lipinski definition) is 4. The molecule has 0 aromatic rings. The minimum absolute atomic E-state index is 0.283. The summed E-state index contributed by atoms with van der Waals surface area (Å²) >= 11 is 0. The zero-order valence-electron chi connectivity index (χ0n) is 7.07. The Morgan fingerprint density at radius 1 is 1.83 bits per heavy atom. The first-order valence-electron chi connectivity index (χ1n) is 3.59. The highest BCUT2D eigenvalue weighted by Gasteiger charge is 2.41. The molecule has 4 heteroatoms. The zero-order valence-corrected chi connectivity index (χ0v) is 7.07. The van der Waals surface area contributed by atoms with Gasteiger partial charge in [0.05, 0.1) is 7.11 Å². The number of rotatable bonds is 1. The Labute approximate surface area is 71.0 Å². The van der Waals surface area contributed by atoms with Crippen LogP contribution in [0.3, 0.4) is 0 Å². The molecule has 1 rings (SSSR count). The van der Waals surface area contributed by atoms with Crippen LogP contribution in [0.1, 0.15) is 13.3 Å². The molecule has 0 saturated heterocycles. The smallest absolute Gasteiger partial charge is 0.335 e. The van der Waals surface area contributed by atoms with Crippen molar-refractivity contribution in [1.29, 1.82) is 0 Å². The summed E-state index contributed by atoms with van der Waals surface area (Å²) in [6.07, 6.45) is 5.58. The molecule has 64 valence electrons. The molecule has 0 bridgehead atoms. The predicted molar refractivity (Wildman–Crippen MR) is 42.5 cm³/mol. The van der Waals surface area contributed by atoms with Crippen LogP contribution in [-0.4, -0.2) is 24.7 Å². The van der Waals surface area contributed by atoms with Gasteiger partial charge in [-0.2, -0.15) is 10.2 Å². The van der Waals surface area contributed by atoms with Gasteiger partial charge in [0.1, 0.15) is 6.04 Å². The summed E-state index contributed by atoms with van der Waals surface area (Å²) in [6.45, 7) is 1.67. The molecule has 1 aliphatic heterocycles. The van der Waals surface area contributed by atoms with E-state index in [2.05, 4.69) is 20.9 Å². The topological polar surface area (TPSA) is 51.0 Å². The number of methoxy groups -OCH3 is 1. The van der Waals surface area contributed by atoms with Crippen molar-refractivity contribution in [3.05, 3.63) is 0 Å². The average Bonchev–Trinajstić information content (AvgIpc) is 2.47. The lowest BCUT2D eigenvalue weighted by molar-refractivity contribution is -0.146. The van der Waals surface area contributed by atoms with Crippen molar-refractivity contribution in [1.82, 2.24) is 0 Å². The van der Waals surface area contributed by atoms with Crippen LogP contribution in [-0.2, 0) is 9.53 Å². The van der Waals surface area contributed by atoms with Crippen LogP contribution in [0.4, 0.5) is 0 Å². The number of carbonyl (C=O) groups excluding carboxylic acids is 1. The molecule has 4 nitrogen and oxygen atoms in total. The molecular formula is C8H10N2O2. The molecule has 12 heavy (non-hydrogen) atoms. The van der Waals surface area contributed by atoms with Gasteiger partial charge in [-0.1, -0.05) is 5.92 Å². The molecule has 2 atom stereocenters. The van der Waals surface area contributed by atoms with Crippen molar-refractivity contribution in [2.24, 2.45) is 10.2 Å². The van der Waals surface area contributed by atoms with Crippen LogP contribution in [0, 0.1) is 12.3 Å². The fraction of sp³-hybridized carbons (Fsp3) is 0.625. The largest absolute Gasteiger partial charge is 0.467 e. The monoisotopic (exact) mass is 166 g/mol. The Bertz CT molecular complexity index is 267. The molecule has 0 aromatic carbocycles. The first-order valence-corrected chi connectivity index (χ1v) is 3.59. The first kappa shape index (κ1) is 8.72. The summed E-state index contributed by atoms with van der Waals surface area (Å²) in [5.74, 6) is 2.04. The SMILES string of the molecule is C#C[C@@H]1C[C@](C)(C(=O)OC)N=N1. The maximum atomic E-state index is 11.2.